The van der Waals surface area contributed by atoms with Gasteiger partial charge in [-0.15, -0.1) is 0 Å². The quantitative estimate of drug-likeness (QED) is 0.818. The van der Waals surface area contributed by atoms with E-state index >= 15 is 0 Å². The molecule has 2 rings (SSSR count). The van der Waals surface area contributed by atoms with Crippen LogP contribution in [0, 0.1) is 0 Å². The van der Waals surface area contributed by atoms with Crippen molar-refractivity contribution >= 4 is 21.6 Å². The molecule has 1 aromatic rings. The summed E-state index contributed by atoms with van der Waals surface area (Å²) in [7, 11) is -1.80. The maximum absolute atomic E-state index is 12.1. The molecule has 1 saturated carbocycles. The Kier molecular flexibility index (Phi) is 2.75. The second-order valence-electron chi connectivity index (χ2n) is 3.68. The molecule has 0 saturated heterocycles. The van der Waals surface area contributed by atoms with Crippen LogP contribution in [0.4, 0.5) is 0 Å². The molecule has 0 heterocycles. The molecule has 1 aromatic carbocycles. The minimum atomic E-state index is -3.41. The molecule has 5 heteroatoms. The first-order valence-electron chi connectivity index (χ1n) is 4.76. The van der Waals surface area contributed by atoms with E-state index in [2.05, 4.69) is 0 Å². The van der Waals surface area contributed by atoms with E-state index < -0.39 is 10.0 Å². The van der Waals surface area contributed by atoms with Crippen LogP contribution in [0.25, 0.3) is 0 Å². The molecule has 0 amide bonds. The van der Waals surface area contributed by atoms with Gasteiger partial charge in [-0.2, -0.15) is 4.31 Å². The van der Waals surface area contributed by atoms with Gasteiger partial charge in [-0.25, -0.2) is 8.42 Å². The lowest BCUT2D eigenvalue weighted by atomic mass is 10.4. The third-order valence-electron chi connectivity index (χ3n) is 2.55. The second-order valence-corrected chi connectivity index (χ2v) is 6.06. The van der Waals surface area contributed by atoms with Crippen LogP contribution < -0.4 is 0 Å². The van der Waals surface area contributed by atoms with Crippen LogP contribution in [0.2, 0.25) is 5.02 Å². The molecule has 1 aliphatic rings. The molecule has 0 aromatic heterocycles. The first-order valence-corrected chi connectivity index (χ1v) is 6.58. The summed E-state index contributed by atoms with van der Waals surface area (Å²) in [6, 6.07) is 6.69. The number of hydrogen-bond acceptors (Lipinski definition) is 2. The second kappa shape index (κ2) is 3.77. The molecule has 1 aliphatic carbocycles. The molecule has 0 radical (unpaired) electrons. The summed E-state index contributed by atoms with van der Waals surface area (Å²) in [4.78, 5) is 0.195. The van der Waals surface area contributed by atoms with Crippen molar-refractivity contribution in [2.24, 2.45) is 0 Å². The van der Waals surface area contributed by atoms with Crippen LogP contribution in [0.3, 0.4) is 0 Å². The van der Waals surface area contributed by atoms with Gasteiger partial charge in [-0.05, 0) is 25.0 Å². The van der Waals surface area contributed by atoms with Crippen LogP contribution in [-0.2, 0) is 10.0 Å². The Balaban J connectivity index is 2.41. The first kappa shape index (κ1) is 10.9. The van der Waals surface area contributed by atoms with Crippen LogP contribution in [0.5, 0.6) is 0 Å². The minimum Gasteiger partial charge on any atom is -0.207 e. The van der Waals surface area contributed by atoms with Crippen molar-refractivity contribution in [2.75, 3.05) is 7.05 Å². The van der Waals surface area contributed by atoms with E-state index in [1.54, 1.807) is 25.2 Å². The minimum absolute atomic E-state index is 0.159. The van der Waals surface area contributed by atoms with E-state index in [9.17, 15) is 8.42 Å². The van der Waals surface area contributed by atoms with Gasteiger partial charge in [0.25, 0.3) is 0 Å². The predicted molar refractivity (Wildman–Crippen MR) is 59.4 cm³/mol. The summed E-state index contributed by atoms with van der Waals surface area (Å²) >= 11 is 5.87. The Morgan fingerprint density at radius 2 is 1.93 bits per heavy atom. The SMILES string of the molecule is CN(C1CC1)S(=O)(=O)c1ccccc1Cl. The fraction of sp³-hybridized carbons (Fsp3) is 0.400. The van der Waals surface area contributed by atoms with Gasteiger partial charge in [0.05, 0.1) is 5.02 Å². The lowest BCUT2D eigenvalue weighted by Crippen LogP contribution is -2.29. The largest absolute Gasteiger partial charge is 0.244 e. The Morgan fingerprint density at radius 3 is 2.47 bits per heavy atom. The average molecular weight is 246 g/mol. The van der Waals surface area contributed by atoms with Crippen molar-refractivity contribution in [2.45, 2.75) is 23.8 Å². The van der Waals surface area contributed by atoms with E-state index in [1.165, 1.54) is 10.4 Å². The van der Waals surface area contributed by atoms with Crippen LogP contribution in [-0.4, -0.2) is 25.8 Å². The highest BCUT2D eigenvalue weighted by Crippen LogP contribution is 2.32. The van der Waals surface area contributed by atoms with Crippen LogP contribution in [0.1, 0.15) is 12.8 Å². The van der Waals surface area contributed by atoms with Crippen molar-refractivity contribution in [1.82, 2.24) is 4.31 Å². The monoisotopic (exact) mass is 245 g/mol. The van der Waals surface area contributed by atoms with Crippen molar-refractivity contribution in [3.05, 3.63) is 29.3 Å². The zero-order valence-electron chi connectivity index (χ0n) is 8.35. The van der Waals surface area contributed by atoms with E-state index in [1.807, 2.05) is 0 Å². The highest BCUT2D eigenvalue weighted by molar-refractivity contribution is 7.89. The van der Waals surface area contributed by atoms with E-state index in [-0.39, 0.29) is 16.0 Å². The Bertz CT molecular complexity index is 468. The summed E-state index contributed by atoms with van der Waals surface area (Å²) in [6.07, 6.45) is 1.89. The van der Waals surface area contributed by atoms with Gasteiger partial charge in [-0.3, -0.25) is 0 Å². The summed E-state index contributed by atoms with van der Waals surface area (Å²) in [5.74, 6) is 0. The number of nitrogens with zero attached hydrogens (tertiary/aromatic N) is 1. The summed E-state index contributed by atoms with van der Waals surface area (Å²) < 4.78 is 25.6. The molecule has 1 fully saturated rings. The van der Waals surface area contributed by atoms with Crippen LogP contribution >= 0.6 is 11.6 Å². The molecule has 0 bridgehead atoms. The molecule has 82 valence electrons. The zero-order valence-corrected chi connectivity index (χ0v) is 9.92. The molecular formula is C10H12ClNO2S. The van der Waals surface area contributed by atoms with Gasteiger partial charge in [-0.1, -0.05) is 23.7 Å². The highest BCUT2D eigenvalue weighted by atomic mass is 35.5. The maximum atomic E-state index is 12.1. The summed E-state index contributed by atoms with van der Waals surface area (Å²) in [5, 5.41) is 0.282. The predicted octanol–water partition coefficient (Wildman–Crippen LogP) is 2.12. The zero-order chi connectivity index (χ0) is 11.1. The smallest absolute Gasteiger partial charge is 0.207 e. The Morgan fingerprint density at radius 1 is 1.33 bits per heavy atom. The highest BCUT2D eigenvalue weighted by Gasteiger charge is 2.35. The summed E-state index contributed by atoms with van der Waals surface area (Å²) in [6.45, 7) is 0. The van der Waals surface area contributed by atoms with Crippen molar-refractivity contribution in [3.63, 3.8) is 0 Å². The fourth-order valence-corrected chi connectivity index (χ4v) is 3.35. The molecular weight excluding hydrogens is 234 g/mol. The molecule has 0 unspecified atom stereocenters. The van der Waals surface area contributed by atoms with E-state index in [0.717, 1.165) is 12.8 Å². The number of benzene rings is 1. The van der Waals surface area contributed by atoms with Crippen LogP contribution in [0.15, 0.2) is 29.2 Å². The van der Waals surface area contributed by atoms with E-state index in [4.69, 9.17) is 11.6 Å². The average Bonchev–Trinajstić information content (AvgIpc) is 3.00. The van der Waals surface area contributed by atoms with Crippen molar-refractivity contribution in [3.8, 4) is 0 Å². The van der Waals surface area contributed by atoms with E-state index in [0.29, 0.717) is 0 Å². The van der Waals surface area contributed by atoms with Gasteiger partial charge in [0.2, 0.25) is 10.0 Å². The third-order valence-corrected chi connectivity index (χ3v) is 4.96. The number of halogens is 1. The normalized spacial score (nSPS) is 17.0. The Labute approximate surface area is 94.7 Å². The number of rotatable bonds is 3. The fourth-order valence-electron chi connectivity index (χ4n) is 1.44. The van der Waals surface area contributed by atoms with Gasteiger partial charge >= 0.3 is 0 Å². The van der Waals surface area contributed by atoms with Crippen molar-refractivity contribution < 1.29 is 8.42 Å². The standard InChI is InChI=1S/C10H12ClNO2S/c1-12(8-6-7-8)15(13,14)10-5-3-2-4-9(10)11/h2-5,8H,6-7H2,1H3. The van der Waals surface area contributed by atoms with Crippen molar-refractivity contribution in [1.29, 1.82) is 0 Å². The summed E-state index contributed by atoms with van der Waals surface area (Å²) in [5.41, 5.74) is 0. The Hall–Kier alpha value is -0.580. The molecule has 15 heavy (non-hydrogen) atoms. The van der Waals surface area contributed by atoms with Gasteiger partial charge in [0.15, 0.2) is 0 Å². The molecule has 3 nitrogen and oxygen atoms in total. The lowest BCUT2D eigenvalue weighted by molar-refractivity contribution is 0.464. The molecule has 0 N–H and O–H groups in total. The third kappa shape index (κ3) is 2.02. The maximum Gasteiger partial charge on any atom is 0.244 e. The van der Waals surface area contributed by atoms with Gasteiger partial charge in [0, 0.05) is 13.1 Å². The first-order chi connectivity index (χ1) is 7.03. The topological polar surface area (TPSA) is 37.4 Å². The number of sulfonamides is 1. The van der Waals surface area contributed by atoms with Gasteiger partial charge in [0.1, 0.15) is 4.90 Å². The lowest BCUT2D eigenvalue weighted by Gasteiger charge is -2.16. The molecule has 0 spiro atoms. The molecule has 0 atom stereocenters. The number of hydrogen-bond donors (Lipinski definition) is 0. The van der Waals surface area contributed by atoms with Gasteiger partial charge < -0.3 is 0 Å². The molecule has 0 aliphatic heterocycles.